The Morgan fingerprint density at radius 2 is 1.70 bits per heavy atom. The van der Waals surface area contributed by atoms with E-state index in [1.165, 1.54) is 37.7 Å². The van der Waals surface area contributed by atoms with Crippen LogP contribution in [0.4, 0.5) is 0 Å². The molecule has 2 rings (SSSR count). The second kappa shape index (κ2) is 11.1. The molecule has 0 saturated heterocycles. The molecule has 1 saturated carbocycles. The van der Waals surface area contributed by atoms with Gasteiger partial charge in [0.05, 0.1) is 17.0 Å². The van der Waals surface area contributed by atoms with Gasteiger partial charge in [-0.2, -0.15) is 5.26 Å². The Morgan fingerprint density at radius 3 is 2.30 bits per heavy atom. The van der Waals surface area contributed by atoms with Crippen LogP contribution in [0.2, 0.25) is 0 Å². The summed E-state index contributed by atoms with van der Waals surface area (Å²) in [5.74, 6) is -0.226. The molecule has 27 heavy (non-hydrogen) atoms. The van der Waals surface area contributed by atoms with Crippen LogP contribution in [-0.2, 0) is 11.2 Å². The second-order valence-corrected chi connectivity index (χ2v) is 8.11. The Hall–Kier alpha value is -1.82. The number of esters is 1. The van der Waals surface area contributed by atoms with Crippen LogP contribution in [0.25, 0.3) is 0 Å². The number of nitriles is 1. The summed E-state index contributed by atoms with van der Waals surface area (Å²) in [5, 5.41) is 9.63. The number of hydrogen-bond donors (Lipinski definition) is 0. The topological polar surface area (TPSA) is 50.1 Å². The zero-order valence-electron chi connectivity index (χ0n) is 17.1. The minimum Gasteiger partial charge on any atom is -0.459 e. The lowest BCUT2D eigenvalue weighted by Crippen LogP contribution is -2.31. The fraction of sp³-hybridized carbons (Fsp3) is 0.667. The normalized spacial score (nSPS) is 22.2. The molecule has 1 aliphatic carbocycles. The number of rotatable bonds is 10. The number of unbranched alkanes of at least 4 members (excludes halogenated alkanes) is 4. The standard InChI is InChI=1S/C24H35NO2/c1-3-5-7-9-20-10-12-21(13-11-20)23(26)27-22-14-17-24(19-25,18-15-22)16-8-6-4-2/h10-13,22H,3-9,14-18H2,1-2H3. The Bertz CT molecular complexity index is 606. The second-order valence-electron chi connectivity index (χ2n) is 8.11. The van der Waals surface area contributed by atoms with Gasteiger partial charge in [-0.3, -0.25) is 0 Å². The van der Waals surface area contributed by atoms with Crippen molar-refractivity contribution in [1.82, 2.24) is 0 Å². The highest BCUT2D eigenvalue weighted by molar-refractivity contribution is 5.89. The van der Waals surface area contributed by atoms with Crippen molar-refractivity contribution < 1.29 is 9.53 Å². The lowest BCUT2D eigenvalue weighted by Gasteiger charge is -2.34. The molecule has 1 fully saturated rings. The summed E-state index contributed by atoms with van der Waals surface area (Å²) in [4.78, 5) is 12.4. The Labute approximate surface area is 165 Å². The maximum Gasteiger partial charge on any atom is 0.338 e. The summed E-state index contributed by atoms with van der Waals surface area (Å²) < 4.78 is 5.73. The van der Waals surface area contributed by atoms with Gasteiger partial charge in [0.25, 0.3) is 0 Å². The van der Waals surface area contributed by atoms with E-state index in [9.17, 15) is 10.1 Å². The third kappa shape index (κ3) is 6.69. The SMILES string of the molecule is CCCCCc1ccc(C(=O)OC2CCC(C#N)(CCCCC)CC2)cc1. The number of ether oxygens (including phenoxy) is 1. The fourth-order valence-electron chi connectivity index (χ4n) is 4.00. The van der Waals surface area contributed by atoms with Crippen molar-refractivity contribution in [2.24, 2.45) is 5.41 Å². The van der Waals surface area contributed by atoms with Crippen molar-refractivity contribution in [3.05, 3.63) is 35.4 Å². The van der Waals surface area contributed by atoms with Crippen molar-refractivity contribution >= 4 is 5.97 Å². The number of nitrogens with zero attached hydrogens (tertiary/aromatic N) is 1. The van der Waals surface area contributed by atoms with Crippen molar-refractivity contribution in [3.8, 4) is 6.07 Å². The van der Waals surface area contributed by atoms with Crippen LogP contribution in [0.5, 0.6) is 0 Å². The van der Waals surface area contributed by atoms with Crippen molar-refractivity contribution in [1.29, 1.82) is 5.26 Å². The lowest BCUT2D eigenvalue weighted by molar-refractivity contribution is 0.0105. The minimum atomic E-state index is -0.226. The third-order valence-corrected chi connectivity index (χ3v) is 5.92. The third-order valence-electron chi connectivity index (χ3n) is 5.92. The van der Waals surface area contributed by atoms with Crippen LogP contribution in [-0.4, -0.2) is 12.1 Å². The highest BCUT2D eigenvalue weighted by Crippen LogP contribution is 2.41. The van der Waals surface area contributed by atoms with Gasteiger partial charge in [0, 0.05) is 0 Å². The zero-order chi connectivity index (χ0) is 19.5. The number of carbonyl (C=O) groups is 1. The van der Waals surface area contributed by atoms with Crippen molar-refractivity contribution in [2.75, 3.05) is 0 Å². The van der Waals surface area contributed by atoms with E-state index in [1.54, 1.807) is 0 Å². The summed E-state index contributed by atoms with van der Waals surface area (Å²) in [7, 11) is 0. The molecule has 1 aromatic rings. The summed E-state index contributed by atoms with van der Waals surface area (Å²) in [6.45, 7) is 4.39. The Kier molecular flexibility index (Phi) is 8.85. The fourth-order valence-corrected chi connectivity index (χ4v) is 4.00. The molecule has 148 valence electrons. The van der Waals surface area contributed by atoms with Gasteiger partial charge in [-0.15, -0.1) is 0 Å². The van der Waals surface area contributed by atoms with E-state index >= 15 is 0 Å². The molecule has 0 radical (unpaired) electrons. The van der Waals surface area contributed by atoms with Crippen LogP contribution in [0.1, 0.15) is 100 Å². The number of carbonyl (C=O) groups excluding carboxylic acids is 1. The molecule has 0 atom stereocenters. The van der Waals surface area contributed by atoms with Gasteiger partial charge in [-0.05, 0) is 62.6 Å². The van der Waals surface area contributed by atoms with Crippen LogP contribution >= 0.6 is 0 Å². The molecule has 0 spiro atoms. The molecule has 0 aromatic heterocycles. The molecule has 0 bridgehead atoms. The van der Waals surface area contributed by atoms with Gasteiger partial charge in [-0.1, -0.05) is 58.1 Å². The van der Waals surface area contributed by atoms with E-state index in [4.69, 9.17) is 4.74 Å². The maximum absolute atomic E-state index is 12.4. The first-order valence-corrected chi connectivity index (χ1v) is 10.8. The zero-order valence-corrected chi connectivity index (χ0v) is 17.1. The first kappa shape index (κ1) is 21.5. The van der Waals surface area contributed by atoms with E-state index in [-0.39, 0.29) is 17.5 Å². The number of aryl methyl sites for hydroxylation is 1. The van der Waals surface area contributed by atoms with Crippen molar-refractivity contribution in [2.45, 2.75) is 97.0 Å². The monoisotopic (exact) mass is 369 g/mol. The van der Waals surface area contributed by atoms with E-state index in [0.29, 0.717) is 5.56 Å². The largest absolute Gasteiger partial charge is 0.459 e. The molecule has 3 heteroatoms. The van der Waals surface area contributed by atoms with Crippen LogP contribution in [0.15, 0.2) is 24.3 Å². The maximum atomic E-state index is 12.4. The van der Waals surface area contributed by atoms with Crippen molar-refractivity contribution in [3.63, 3.8) is 0 Å². The molecule has 0 unspecified atom stereocenters. The van der Waals surface area contributed by atoms with Gasteiger partial charge in [0.2, 0.25) is 0 Å². The Balaban J connectivity index is 1.80. The highest BCUT2D eigenvalue weighted by atomic mass is 16.5. The molecule has 1 aliphatic rings. The quantitative estimate of drug-likeness (QED) is 0.344. The smallest absolute Gasteiger partial charge is 0.338 e. The van der Waals surface area contributed by atoms with Gasteiger partial charge < -0.3 is 4.74 Å². The minimum absolute atomic E-state index is 0.0469. The van der Waals surface area contributed by atoms with Gasteiger partial charge in [0.1, 0.15) is 6.10 Å². The lowest BCUT2D eigenvalue weighted by atomic mass is 9.71. The summed E-state index contributed by atoms with van der Waals surface area (Å²) in [6.07, 6.45) is 12.5. The molecule has 0 amide bonds. The van der Waals surface area contributed by atoms with Gasteiger partial charge >= 0.3 is 5.97 Å². The molecule has 3 nitrogen and oxygen atoms in total. The molecule has 0 heterocycles. The van der Waals surface area contributed by atoms with Crippen LogP contribution in [0.3, 0.4) is 0 Å². The van der Waals surface area contributed by atoms with Crippen LogP contribution in [0, 0.1) is 16.7 Å². The molecule has 0 N–H and O–H groups in total. The summed E-state index contributed by atoms with van der Waals surface area (Å²) in [5.41, 5.74) is 1.72. The molecular formula is C24H35NO2. The molecule has 1 aromatic carbocycles. The predicted molar refractivity (Wildman–Crippen MR) is 110 cm³/mol. The van der Waals surface area contributed by atoms with E-state index < -0.39 is 0 Å². The van der Waals surface area contributed by atoms with Gasteiger partial charge in [0.15, 0.2) is 0 Å². The Morgan fingerprint density at radius 1 is 1.07 bits per heavy atom. The number of hydrogen-bond acceptors (Lipinski definition) is 3. The first-order chi connectivity index (χ1) is 13.1. The van der Waals surface area contributed by atoms with E-state index in [2.05, 4.69) is 19.9 Å². The van der Waals surface area contributed by atoms with Crippen LogP contribution < -0.4 is 0 Å². The first-order valence-electron chi connectivity index (χ1n) is 10.8. The van der Waals surface area contributed by atoms with E-state index in [0.717, 1.165) is 44.9 Å². The molecule has 0 aliphatic heterocycles. The number of benzene rings is 1. The average Bonchev–Trinajstić information content (AvgIpc) is 2.70. The van der Waals surface area contributed by atoms with Gasteiger partial charge in [-0.25, -0.2) is 4.79 Å². The average molecular weight is 370 g/mol. The molecular weight excluding hydrogens is 334 g/mol. The highest BCUT2D eigenvalue weighted by Gasteiger charge is 2.36. The summed E-state index contributed by atoms with van der Waals surface area (Å²) in [6, 6.07) is 10.4. The summed E-state index contributed by atoms with van der Waals surface area (Å²) >= 11 is 0. The van der Waals surface area contributed by atoms with E-state index in [1.807, 2.05) is 24.3 Å². The predicted octanol–water partition coefficient (Wildman–Crippen LogP) is 6.61.